The second-order valence-electron chi connectivity index (χ2n) is 6.42. The Kier molecular flexibility index (Phi) is 5.52. The molecule has 6 heteroatoms. The average Bonchev–Trinajstić information content (AvgIpc) is 2.61. The van der Waals surface area contributed by atoms with E-state index in [0.717, 1.165) is 53.7 Å². The molecule has 2 heterocycles. The van der Waals surface area contributed by atoms with Crippen molar-refractivity contribution in [2.75, 3.05) is 23.7 Å². The third-order valence-electron chi connectivity index (χ3n) is 4.77. The molecule has 0 aromatic heterocycles. The number of fused-ring (bicyclic) bond motifs is 1. The Hall–Kier alpha value is -1.75. The number of nitrogens with one attached hydrogen (secondary N) is 3. The van der Waals surface area contributed by atoms with Crippen molar-refractivity contribution in [3.05, 3.63) is 59.1 Å². The molecule has 3 N–H and O–H groups in total. The van der Waals surface area contributed by atoms with Gasteiger partial charge in [0.25, 0.3) is 0 Å². The summed E-state index contributed by atoms with van der Waals surface area (Å²) in [5.41, 5.74) is 3.25. The maximum absolute atomic E-state index is 6.09. The van der Waals surface area contributed by atoms with Gasteiger partial charge in [-0.2, -0.15) is 0 Å². The predicted molar refractivity (Wildman–Crippen MR) is 108 cm³/mol. The second-order valence-corrected chi connectivity index (χ2v) is 6.86. The number of benzene rings is 2. The van der Waals surface area contributed by atoms with Gasteiger partial charge in [-0.05, 0) is 55.8 Å². The molecular weight excluding hydrogens is 355 g/mol. The number of amidine groups is 1. The van der Waals surface area contributed by atoms with Crippen molar-refractivity contribution in [1.29, 1.82) is 0 Å². The fourth-order valence-corrected chi connectivity index (χ4v) is 3.69. The molecule has 2 aliphatic heterocycles. The summed E-state index contributed by atoms with van der Waals surface area (Å²) < 4.78 is 0. The van der Waals surface area contributed by atoms with Crippen LogP contribution < -0.4 is 16.0 Å². The number of piperidine rings is 1. The maximum Gasteiger partial charge on any atom is 0.127 e. The third kappa shape index (κ3) is 3.76. The van der Waals surface area contributed by atoms with E-state index < -0.39 is 0 Å². The molecule has 4 rings (SSSR count). The number of para-hydroxylation sites is 2. The smallest absolute Gasteiger partial charge is 0.127 e. The van der Waals surface area contributed by atoms with Crippen molar-refractivity contribution in [2.45, 2.75) is 24.9 Å². The molecule has 0 atom stereocenters. The minimum atomic E-state index is -0.113. The van der Waals surface area contributed by atoms with E-state index in [2.05, 4.69) is 40.2 Å². The van der Waals surface area contributed by atoms with Crippen LogP contribution in [0.25, 0.3) is 0 Å². The topological polar surface area (TPSA) is 48.5 Å². The van der Waals surface area contributed by atoms with Gasteiger partial charge < -0.3 is 16.0 Å². The number of anilines is 2. The standard InChI is InChI=1S/C19H21ClN4.ClH/c20-15-5-3-4-14(12-15)13-22-18-19(8-10-21-11-9-19)24-17-7-2-1-6-16(17)23-18;/h1-7,12,21,24H,8-11,13H2,(H,22,23);1H. The van der Waals surface area contributed by atoms with Crippen molar-refractivity contribution in [2.24, 2.45) is 4.99 Å². The molecule has 0 bridgehead atoms. The van der Waals surface area contributed by atoms with Crippen LogP contribution in [0.4, 0.5) is 11.4 Å². The van der Waals surface area contributed by atoms with Gasteiger partial charge in [0.15, 0.2) is 0 Å². The largest absolute Gasteiger partial charge is 0.371 e. The molecule has 1 spiro atoms. The lowest BCUT2D eigenvalue weighted by atomic mass is 9.84. The Morgan fingerprint density at radius 1 is 1.00 bits per heavy atom. The van der Waals surface area contributed by atoms with Crippen LogP contribution in [0.2, 0.25) is 5.02 Å². The molecule has 0 amide bonds. The lowest BCUT2D eigenvalue weighted by Gasteiger charge is -2.44. The Labute approximate surface area is 159 Å². The van der Waals surface area contributed by atoms with E-state index in [1.165, 1.54) is 0 Å². The van der Waals surface area contributed by atoms with Crippen LogP contribution in [0.3, 0.4) is 0 Å². The molecule has 0 radical (unpaired) electrons. The molecule has 25 heavy (non-hydrogen) atoms. The van der Waals surface area contributed by atoms with E-state index in [1.807, 2.05) is 24.3 Å². The highest BCUT2D eigenvalue weighted by Gasteiger charge is 2.40. The predicted octanol–water partition coefficient (Wildman–Crippen LogP) is 4.32. The lowest BCUT2D eigenvalue weighted by Crippen LogP contribution is -2.57. The molecule has 2 aromatic carbocycles. The van der Waals surface area contributed by atoms with Crippen molar-refractivity contribution >= 4 is 41.2 Å². The molecule has 1 fully saturated rings. The third-order valence-corrected chi connectivity index (χ3v) is 5.01. The number of aliphatic imine (C=N–C) groups is 1. The van der Waals surface area contributed by atoms with Crippen molar-refractivity contribution < 1.29 is 0 Å². The van der Waals surface area contributed by atoms with Crippen LogP contribution in [0.15, 0.2) is 53.5 Å². The summed E-state index contributed by atoms with van der Waals surface area (Å²) >= 11 is 6.09. The maximum atomic E-state index is 6.09. The summed E-state index contributed by atoms with van der Waals surface area (Å²) in [7, 11) is 0. The minimum Gasteiger partial charge on any atom is -0.371 e. The number of halogens is 2. The molecule has 0 unspecified atom stereocenters. The monoisotopic (exact) mass is 376 g/mol. The average molecular weight is 377 g/mol. The van der Waals surface area contributed by atoms with Crippen molar-refractivity contribution in [3.8, 4) is 0 Å². The summed E-state index contributed by atoms with van der Waals surface area (Å²) in [4.78, 5) is 4.93. The summed E-state index contributed by atoms with van der Waals surface area (Å²) in [6.45, 7) is 2.61. The van der Waals surface area contributed by atoms with Gasteiger partial charge >= 0.3 is 0 Å². The van der Waals surface area contributed by atoms with E-state index in [4.69, 9.17) is 16.6 Å². The van der Waals surface area contributed by atoms with Crippen LogP contribution in [0, 0.1) is 0 Å². The molecule has 0 saturated carbocycles. The number of nitrogens with zero attached hydrogens (tertiary/aromatic N) is 1. The Bertz CT molecular complexity index is 770. The highest BCUT2D eigenvalue weighted by Crippen LogP contribution is 2.35. The van der Waals surface area contributed by atoms with Crippen LogP contribution in [-0.2, 0) is 6.54 Å². The van der Waals surface area contributed by atoms with E-state index in [0.29, 0.717) is 6.54 Å². The van der Waals surface area contributed by atoms with Crippen LogP contribution in [0.1, 0.15) is 18.4 Å². The first-order valence-corrected chi connectivity index (χ1v) is 8.77. The minimum absolute atomic E-state index is 0. The normalized spacial score (nSPS) is 19.5. The van der Waals surface area contributed by atoms with Crippen LogP contribution in [-0.4, -0.2) is 24.5 Å². The van der Waals surface area contributed by atoms with E-state index >= 15 is 0 Å². The van der Waals surface area contributed by atoms with E-state index in [-0.39, 0.29) is 17.9 Å². The van der Waals surface area contributed by atoms with Crippen LogP contribution in [0.5, 0.6) is 0 Å². The molecule has 2 aliphatic rings. The Morgan fingerprint density at radius 2 is 1.76 bits per heavy atom. The lowest BCUT2D eigenvalue weighted by molar-refractivity contribution is 0.419. The zero-order valence-electron chi connectivity index (χ0n) is 13.9. The highest BCUT2D eigenvalue weighted by atomic mass is 35.5. The van der Waals surface area contributed by atoms with E-state index in [9.17, 15) is 0 Å². The number of hydrogen-bond donors (Lipinski definition) is 3. The van der Waals surface area contributed by atoms with Gasteiger partial charge in [-0.25, -0.2) is 0 Å². The Morgan fingerprint density at radius 3 is 2.52 bits per heavy atom. The Balaban J connectivity index is 0.00000182. The van der Waals surface area contributed by atoms with Gasteiger partial charge in [0.1, 0.15) is 5.84 Å². The summed E-state index contributed by atoms with van der Waals surface area (Å²) in [6, 6.07) is 16.2. The zero-order valence-corrected chi connectivity index (χ0v) is 15.5. The van der Waals surface area contributed by atoms with Gasteiger partial charge in [-0.3, -0.25) is 4.99 Å². The molecule has 2 aromatic rings. The highest BCUT2D eigenvalue weighted by molar-refractivity contribution is 6.30. The van der Waals surface area contributed by atoms with Gasteiger partial charge in [0.05, 0.1) is 23.5 Å². The molecule has 0 aliphatic carbocycles. The van der Waals surface area contributed by atoms with Crippen molar-refractivity contribution in [3.63, 3.8) is 0 Å². The number of hydrogen-bond acceptors (Lipinski definition) is 3. The summed E-state index contributed by atoms with van der Waals surface area (Å²) in [5, 5.41) is 11.5. The van der Waals surface area contributed by atoms with Gasteiger partial charge in [0, 0.05) is 5.02 Å². The summed E-state index contributed by atoms with van der Waals surface area (Å²) in [5.74, 6) is 1.03. The van der Waals surface area contributed by atoms with E-state index in [1.54, 1.807) is 0 Å². The summed E-state index contributed by atoms with van der Waals surface area (Å²) in [6.07, 6.45) is 2.03. The number of rotatable bonds is 2. The first kappa shape index (κ1) is 18.1. The first-order valence-electron chi connectivity index (χ1n) is 8.40. The first-order chi connectivity index (χ1) is 11.8. The molecule has 132 valence electrons. The van der Waals surface area contributed by atoms with Gasteiger partial charge in [-0.15, -0.1) is 12.4 Å². The zero-order chi connectivity index (χ0) is 16.4. The van der Waals surface area contributed by atoms with Gasteiger partial charge in [-0.1, -0.05) is 35.9 Å². The molecular formula is C19H22Cl2N4. The second kappa shape index (κ2) is 7.65. The van der Waals surface area contributed by atoms with Crippen molar-refractivity contribution in [1.82, 2.24) is 5.32 Å². The molecule has 1 saturated heterocycles. The fourth-order valence-electron chi connectivity index (χ4n) is 3.48. The SMILES string of the molecule is Cl.Clc1cccc(CN=C2Nc3ccccc3NC23CCNCC3)c1. The van der Waals surface area contributed by atoms with Gasteiger partial charge in [0.2, 0.25) is 0 Å². The molecule has 4 nitrogen and oxygen atoms in total. The quantitative estimate of drug-likeness (QED) is 0.731. The van der Waals surface area contributed by atoms with Crippen LogP contribution >= 0.6 is 24.0 Å². The fraction of sp³-hybridized carbons (Fsp3) is 0.316.